The number of anilines is 2. The van der Waals surface area contributed by atoms with Crippen LogP contribution in [0.2, 0.25) is 0 Å². The first-order valence-corrected chi connectivity index (χ1v) is 9.11. The van der Waals surface area contributed by atoms with Gasteiger partial charge in [-0.2, -0.15) is 0 Å². The van der Waals surface area contributed by atoms with E-state index in [2.05, 4.69) is 39.0 Å². The summed E-state index contributed by atoms with van der Waals surface area (Å²) in [5.74, 6) is 0.0498. The highest BCUT2D eigenvalue weighted by Gasteiger charge is 2.24. The number of hydrogen-bond acceptors (Lipinski definition) is 4. The van der Waals surface area contributed by atoms with E-state index in [1.54, 1.807) is 6.20 Å². The number of aromatic nitrogens is 1. The number of para-hydroxylation sites is 1. The van der Waals surface area contributed by atoms with Crippen molar-refractivity contribution >= 4 is 17.3 Å². The van der Waals surface area contributed by atoms with Gasteiger partial charge in [0.05, 0.1) is 0 Å². The summed E-state index contributed by atoms with van der Waals surface area (Å²) < 4.78 is 0. The van der Waals surface area contributed by atoms with Crippen LogP contribution >= 0.6 is 0 Å². The van der Waals surface area contributed by atoms with Crippen LogP contribution in [0, 0.1) is 0 Å². The predicted octanol–water partition coefficient (Wildman–Crippen LogP) is 2.64. The van der Waals surface area contributed by atoms with E-state index < -0.39 is 0 Å². The van der Waals surface area contributed by atoms with Crippen molar-refractivity contribution in [2.75, 3.05) is 49.1 Å². The zero-order chi connectivity index (χ0) is 17.1. The minimum absolute atomic E-state index is 0.0498. The van der Waals surface area contributed by atoms with Crippen LogP contribution in [0.15, 0.2) is 48.7 Å². The summed E-state index contributed by atoms with van der Waals surface area (Å²) in [6.07, 6.45) is 4.22. The van der Waals surface area contributed by atoms with Crippen LogP contribution in [0.4, 0.5) is 11.4 Å². The lowest BCUT2D eigenvalue weighted by atomic mass is 10.2. The Bertz CT molecular complexity index is 719. The molecule has 0 bridgehead atoms. The molecule has 2 fully saturated rings. The molecular formula is C20H24N4O. The fourth-order valence-electron chi connectivity index (χ4n) is 3.68. The van der Waals surface area contributed by atoms with E-state index in [9.17, 15) is 4.79 Å². The standard InChI is InChI=1S/C20H24N4O/c25-20(19-16-18(8-9-21-19)22-10-4-5-11-22)24-14-12-23(13-15-24)17-6-2-1-3-7-17/h1-3,6-9,16H,4-5,10-15H2. The molecule has 0 spiro atoms. The van der Waals surface area contributed by atoms with Gasteiger partial charge in [0.25, 0.3) is 5.91 Å². The number of pyridine rings is 1. The molecule has 0 saturated carbocycles. The van der Waals surface area contributed by atoms with E-state index in [-0.39, 0.29) is 5.91 Å². The van der Waals surface area contributed by atoms with E-state index in [0.717, 1.165) is 45.0 Å². The summed E-state index contributed by atoms with van der Waals surface area (Å²) in [5, 5.41) is 0. The lowest BCUT2D eigenvalue weighted by molar-refractivity contribution is 0.0741. The molecule has 1 aromatic heterocycles. The van der Waals surface area contributed by atoms with Gasteiger partial charge in [0.1, 0.15) is 5.69 Å². The minimum atomic E-state index is 0.0498. The van der Waals surface area contributed by atoms with Crippen molar-refractivity contribution in [1.82, 2.24) is 9.88 Å². The summed E-state index contributed by atoms with van der Waals surface area (Å²) in [6, 6.07) is 14.4. The number of piperazine rings is 1. The van der Waals surface area contributed by atoms with Crippen molar-refractivity contribution in [2.45, 2.75) is 12.8 Å². The average Bonchev–Trinajstić information content (AvgIpc) is 3.23. The smallest absolute Gasteiger partial charge is 0.272 e. The third-order valence-electron chi connectivity index (χ3n) is 5.12. The molecule has 2 aliphatic rings. The second-order valence-electron chi connectivity index (χ2n) is 6.71. The van der Waals surface area contributed by atoms with E-state index in [4.69, 9.17) is 0 Å². The Morgan fingerprint density at radius 2 is 1.48 bits per heavy atom. The largest absolute Gasteiger partial charge is 0.371 e. The molecule has 0 atom stereocenters. The fraction of sp³-hybridized carbons (Fsp3) is 0.400. The molecule has 130 valence electrons. The SMILES string of the molecule is O=C(c1cc(N2CCCC2)ccn1)N1CCN(c2ccccc2)CC1. The first kappa shape index (κ1) is 15.9. The monoisotopic (exact) mass is 336 g/mol. The molecule has 2 aliphatic heterocycles. The topological polar surface area (TPSA) is 39.7 Å². The van der Waals surface area contributed by atoms with Gasteiger partial charge >= 0.3 is 0 Å². The number of benzene rings is 1. The number of rotatable bonds is 3. The van der Waals surface area contributed by atoms with Crippen LogP contribution in [0.1, 0.15) is 23.3 Å². The first-order valence-electron chi connectivity index (χ1n) is 9.11. The summed E-state index contributed by atoms with van der Waals surface area (Å²) >= 11 is 0. The van der Waals surface area contributed by atoms with Crippen molar-refractivity contribution in [1.29, 1.82) is 0 Å². The van der Waals surface area contributed by atoms with Crippen LogP contribution in [-0.2, 0) is 0 Å². The molecular weight excluding hydrogens is 312 g/mol. The first-order chi connectivity index (χ1) is 12.3. The Hall–Kier alpha value is -2.56. The molecule has 25 heavy (non-hydrogen) atoms. The summed E-state index contributed by atoms with van der Waals surface area (Å²) in [6.45, 7) is 5.36. The summed E-state index contributed by atoms with van der Waals surface area (Å²) in [4.78, 5) is 23.8. The molecule has 5 heteroatoms. The van der Waals surface area contributed by atoms with Crippen molar-refractivity contribution < 1.29 is 4.79 Å². The van der Waals surface area contributed by atoms with Gasteiger partial charge in [-0.1, -0.05) is 18.2 Å². The second kappa shape index (κ2) is 7.13. The van der Waals surface area contributed by atoms with Gasteiger partial charge in [0, 0.05) is 56.8 Å². The Morgan fingerprint density at radius 1 is 0.800 bits per heavy atom. The average molecular weight is 336 g/mol. The molecule has 0 radical (unpaired) electrons. The highest BCUT2D eigenvalue weighted by molar-refractivity contribution is 5.93. The number of hydrogen-bond donors (Lipinski definition) is 0. The van der Waals surface area contributed by atoms with Crippen LogP contribution in [0.3, 0.4) is 0 Å². The zero-order valence-electron chi connectivity index (χ0n) is 14.5. The molecule has 2 aromatic rings. The molecule has 3 heterocycles. The van der Waals surface area contributed by atoms with Gasteiger partial charge in [-0.3, -0.25) is 9.78 Å². The van der Waals surface area contributed by atoms with E-state index >= 15 is 0 Å². The Balaban J connectivity index is 1.41. The number of nitrogens with zero attached hydrogens (tertiary/aromatic N) is 4. The van der Waals surface area contributed by atoms with Crippen LogP contribution in [0.25, 0.3) is 0 Å². The molecule has 1 aromatic carbocycles. The van der Waals surface area contributed by atoms with Crippen molar-refractivity contribution in [3.63, 3.8) is 0 Å². The van der Waals surface area contributed by atoms with Crippen molar-refractivity contribution in [2.24, 2.45) is 0 Å². The van der Waals surface area contributed by atoms with Gasteiger partial charge in [-0.15, -0.1) is 0 Å². The molecule has 4 rings (SSSR count). The molecule has 5 nitrogen and oxygen atoms in total. The van der Waals surface area contributed by atoms with Gasteiger partial charge in [0.2, 0.25) is 0 Å². The lowest BCUT2D eigenvalue weighted by Gasteiger charge is -2.36. The van der Waals surface area contributed by atoms with Crippen molar-refractivity contribution in [3.05, 3.63) is 54.4 Å². The van der Waals surface area contributed by atoms with Gasteiger partial charge in [-0.25, -0.2) is 0 Å². The van der Waals surface area contributed by atoms with E-state index in [1.807, 2.05) is 23.1 Å². The zero-order valence-corrected chi connectivity index (χ0v) is 14.5. The number of carbonyl (C=O) groups is 1. The molecule has 0 unspecified atom stereocenters. The second-order valence-corrected chi connectivity index (χ2v) is 6.71. The quantitative estimate of drug-likeness (QED) is 0.864. The molecule has 0 N–H and O–H groups in total. The molecule has 0 aliphatic carbocycles. The Labute approximate surface area is 148 Å². The third kappa shape index (κ3) is 3.45. The Morgan fingerprint density at radius 3 is 2.20 bits per heavy atom. The third-order valence-corrected chi connectivity index (χ3v) is 5.12. The van der Waals surface area contributed by atoms with Gasteiger partial charge in [-0.05, 0) is 37.1 Å². The molecule has 2 saturated heterocycles. The van der Waals surface area contributed by atoms with E-state index in [1.165, 1.54) is 18.5 Å². The highest BCUT2D eigenvalue weighted by Crippen LogP contribution is 2.21. The highest BCUT2D eigenvalue weighted by atomic mass is 16.2. The van der Waals surface area contributed by atoms with Crippen LogP contribution in [0.5, 0.6) is 0 Å². The maximum atomic E-state index is 12.8. The van der Waals surface area contributed by atoms with E-state index in [0.29, 0.717) is 5.69 Å². The van der Waals surface area contributed by atoms with Gasteiger partial charge in [0.15, 0.2) is 0 Å². The minimum Gasteiger partial charge on any atom is -0.371 e. The number of carbonyl (C=O) groups excluding carboxylic acids is 1. The maximum Gasteiger partial charge on any atom is 0.272 e. The molecule has 1 amide bonds. The number of amides is 1. The van der Waals surface area contributed by atoms with Crippen molar-refractivity contribution in [3.8, 4) is 0 Å². The fourth-order valence-corrected chi connectivity index (χ4v) is 3.68. The summed E-state index contributed by atoms with van der Waals surface area (Å²) in [5.41, 5.74) is 2.92. The Kier molecular flexibility index (Phi) is 4.55. The lowest BCUT2D eigenvalue weighted by Crippen LogP contribution is -2.49. The van der Waals surface area contributed by atoms with Crippen LogP contribution < -0.4 is 9.80 Å². The predicted molar refractivity (Wildman–Crippen MR) is 100 cm³/mol. The normalized spacial score (nSPS) is 17.8. The van der Waals surface area contributed by atoms with Crippen LogP contribution in [-0.4, -0.2) is 55.1 Å². The van der Waals surface area contributed by atoms with Gasteiger partial charge < -0.3 is 14.7 Å². The summed E-state index contributed by atoms with van der Waals surface area (Å²) in [7, 11) is 0. The maximum absolute atomic E-state index is 12.8.